The van der Waals surface area contributed by atoms with Gasteiger partial charge in [-0.05, 0) is 66.6 Å². The van der Waals surface area contributed by atoms with Gasteiger partial charge in [0.1, 0.15) is 11.6 Å². The van der Waals surface area contributed by atoms with E-state index in [0.717, 1.165) is 6.42 Å². The third-order valence-corrected chi connectivity index (χ3v) is 6.14. The van der Waals surface area contributed by atoms with Crippen LogP contribution < -0.4 is 25.8 Å². The third kappa shape index (κ3) is 6.77. The lowest BCUT2D eigenvalue weighted by Gasteiger charge is -2.18. The highest BCUT2D eigenvalue weighted by molar-refractivity contribution is 6.31. The normalized spacial score (nSPS) is 14.8. The van der Waals surface area contributed by atoms with Crippen LogP contribution in [-0.2, 0) is 20.8 Å². The van der Waals surface area contributed by atoms with Crippen LogP contribution in [0.25, 0.3) is 0 Å². The van der Waals surface area contributed by atoms with Crippen LogP contribution >= 0.6 is 11.6 Å². The summed E-state index contributed by atoms with van der Waals surface area (Å²) in [4.78, 5) is 39.0. The summed E-state index contributed by atoms with van der Waals surface area (Å²) in [5.41, 5.74) is 8.06. The van der Waals surface area contributed by atoms with Crippen molar-refractivity contribution < 1.29 is 23.5 Å². The lowest BCUT2D eigenvalue weighted by molar-refractivity contribution is -0.125. The topological polar surface area (TPSA) is 99.8 Å². The van der Waals surface area contributed by atoms with Crippen LogP contribution in [0.4, 0.5) is 21.5 Å². The Morgan fingerprint density at radius 2 is 1.81 bits per heavy atom. The first-order valence-electron chi connectivity index (χ1n) is 11.8. The van der Waals surface area contributed by atoms with Gasteiger partial charge in [0.25, 0.3) is 5.91 Å². The number of carbonyl (C=O) groups excluding carboxylic acids is 3. The largest absolute Gasteiger partial charge is 0.482 e. The number of hydrogen-bond donors (Lipinski definition) is 3. The zero-order chi connectivity index (χ0) is 26.4. The first-order chi connectivity index (χ1) is 17.8. The molecule has 8 nitrogen and oxygen atoms in total. The Labute approximate surface area is 218 Å². The van der Waals surface area contributed by atoms with Crippen LogP contribution in [0.2, 0.25) is 5.02 Å². The van der Waals surface area contributed by atoms with Crippen molar-refractivity contribution in [1.29, 1.82) is 0 Å². The first-order valence-corrected chi connectivity index (χ1v) is 12.1. The van der Waals surface area contributed by atoms with E-state index in [-0.39, 0.29) is 31.4 Å². The maximum Gasteiger partial charge on any atom is 0.262 e. The zero-order valence-electron chi connectivity index (χ0n) is 20.1. The number of nitrogens with zero attached hydrogens (tertiary/aromatic N) is 1. The molecule has 37 heavy (non-hydrogen) atoms. The standard InChI is InChI=1S/C27H26ClFN4O4/c1-2-17-3-8-21(9-4-17)30-25(34)16-37-24-12-5-19(28)14-23(24)31-32-27(36)18-13-26(35)33(15-18)22-10-6-20(29)7-11-22/h3-12,14,18,31H,2,13,15-16H2,1H3,(H,30,34)(H,32,36)/t18-/m0/s1. The van der Waals surface area contributed by atoms with Crippen molar-refractivity contribution in [1.82, 2.24) is 5.43 Å². The van der Waals surface area contributed by atoms with Crippen molar-refractivity contribution in [3.63, 3.8) is 0 Å². The van der Waals surface area contributed by atoms with Gasteiger partial charge in [-0.2, -0.15) is 0 Å². The summed E-state index contributed by atoms with van der Waals surface area (Å²) in [6, 6.07) is 17.8. The first kappa shape index (κ1) is 26.0. The second-order valence-corrected chi connectivity index (χ2v) is 8.96. The number of benzene rings is 3. The minimum atomic E-state index is -0.613. The number of anilines is 3. The van der Waals surface area contributed by atoms with Crippen LogP contribution in [0.3, 0.4) is 0 Å². The molecule has 1 heterocycles. The molecule has 1 atom stereocenters. The van der Waals surface area contributed by atoms with Gasteiger partial charge in [-0.15, -0.1) is 0 Å². The summed E-state index contributed by atoms with van der Waals surface area (Å²) < 4.78 is 18.9. The molecular weight excluding hydrogens is 499 g/mol. The van der Waals surface area contributed by atoms with E-state index < -0.39 is 17.6 Å². The number of ether oxygens (including phenoxy) is 1. The lowest BCUT2D eigenvalue weighted by atomic mass is 10.1. The van der Waals surface area contributed by atoms with Crippen molar-refractivity contribution >= 4 is 46.4 Å². The van der Waals surface area contributed by atoms with E-state index in [1.807, 2.05) is 24.3 Å². The highest BCUT2D eigenvalue weighted by atomic mass is 35.5. The van der Waals surface area contributed by atoms with E-state index in [0.29, 0.717) is 27.8 Å². The lowest BCUT2D eigenvalue weighted by Crippen LogP contribution is -2.36. The van der Waals surface area contributed by atoms with E-state index in [2.05, 4.69) is 23.1 Å². The molecule has 0 aliphatic carbocycles. The number of amides is 3. The highest BCUT2D eigenvalue weighted by Crippen LogP contribution is 2.29. The van der Waals surface area contributed by atoms with Crippen molar-refractivity contribution in [2.75, 3.05) is 28.8 Å². The smallest absolute Gasteiger partial charge is 0.262 e. The number of hydrogen-bond acceptors (Lipinski definition) is 5. The summed E-state index contributed by atoms with van der Waals surface area (Å²) in [5, 5.41) is 3.16. The Kier molecular flexibility index (Phi) is 8.25. The number of hydrazine groups is 1. The fourth-order valence-electron chi connectivity index (χ4n) is 3.87. The van der Waals surface area contributed by atoms with Crippen molar-refractivity contribution in [3.05, 3.63) is 83.1 Å². The molecule has 1 fully saturated rings. The Morgan fingerprint density at radius 3 is 2.51 bits per heavy atom. The summed E-state index contributed by atoms with van der Waals surface area (Å²) in [6.45, 7) is 1.96. The summed E-state index contributed by atoms with van der Waals surface area (Å²) in [5.74, 6) is -1.70. The maximum absolute atomic E-state index is 13.2. The molecule has 0 radical (unpaired) electrons. The van der Waals surface area contributed by atoms with Crippen LogP contribution in [0.5, 0.6) is 5.75 Å². The predicted octanol–water partition coefficient (Wildman–Crippen LogP) is 4.56. The fraction of sp³-hybridized carbons (Fsp3) is 0.222. The van der Waals surface area contributed by atoms with Crippen molar-refractivity contribution in [2.24, 2.45) is 5.92 Å². The van der Waals surface area contributed by atoms with Gasteiger partial charge >= 0.3 is 0 Å². The van der Waals surface area contributed by atoms with Crippen molar-refractivity contribution in [3.8, 4) is 5.75 Å². The SMILES string of the molecule is CCc1ccc(NC(=O)COc2ccc(Cl)cc2NNC(=O)[C@H]2CC(=O)N(c3ccc(F)cc3)C2)cc1. The molecule has 4 rings (SSSR count). The van der Waals surface area contributed by atoms with Gasteiger partial charge in [-0.25, -0.2) is 4.39 Å². The molecule has 0 bridgehead atoms. The minimum Gasteiger partial charge on any atom is -0.482 e. The van der Waals surface area contributed by atoms with E-state index in [1.54, 1.807) is 18.2 Å². The second kappa shape index (κ2) is 11.7. The van der Waals surface area contributed by atoms with Crippen LogP contribution in [0.15, 0.2) is 66.7 Å². The van der Waals surface area contributed by atoms with Gasteiger partial charge in [0.05, 0.1) is 11.6 Å². The Bertz CT molecular complexity index is 1280. The molecule has 3 amide bonds. The number of rotatable bonds is 9. The molecule has 0 spiro atoms. The van der Waals surface area contributed by atoms with Gasteiger partial charge < -0.3 is 15.0 Å². The molecule has 0 saturated carbocycles. The molecule has 1 saturated heterocycles. The van der Waals surface area contributed by atoms with Crippen molar-refractivity contribution in [2.45, 2.75) is 19.8 Å². The number of carbonyl (C=O) groups is 3. The molecule has 3 N–H and O–H groups in total. The predicted molar refractivity (Wildman–Crippen MR) is 140 cm³/mol. The zero-order valence-corrected chi connectivity index (χ0v) is 20.8. The molecule has 1 aliphatic rings. The van der Waals surface area contributed by atoms with Gasteiger partial charge in [0.2, 0.25) is 11.8 Å². The molecule has 3 aromatic rings. The van der Waals surface area contributed by atoms with E-state index in [9.17, 15) is 18.8 Å². The summed E-state index contributed by atoms with van der Waals surface area (Å²) in [6.07, 6.45) is 0.924. The molecule has 3 aromatic carbocycles. The molecular formula is C27H26ClFN4O4. The third-order valence-electron chi connectivity index (χ3n) is 5.90. The number of halogens is 2. The van der Waals surface area contributed by atoms with Crippen LogP contribution in [0, 0.1) is 11.7 Å². The van der Waals surface area contributed by atoms with E-state index >= 15 is 0 Å². The molecule has 10 heteroatoms. The monoisotopic (exact) mass is 524 g/mol. The Balaban J connectivity index is 1.32. The van der Waals surface area contributed by atoms with E-state index in [4.69, 9.17) is 16.3 Å². The average Bonchev–Trinajstić information content (AvgIpc) is 3.29. The maximum atomic E-state index is 13.2. The number of nitrogens with one attached hydrogen (secondary N) is 3. The fourth-order valence-corrected chi connectivity index (χ4v) is 4.05. The van der Waals surface area contributed by atoms with Crippen LogP contribution in [-0.4, -0.2) is 30.9 Å². The van der Waals surface area contributed by atoms with E-state index in [1.165, 1.54) is 34.7 Å². The molecule has 0 unspecified atom stereocenters. The quantitative estimate of drug-likeness (QED) is 0.356. The van der Waals surface area contributed by atoms with Gasteiger partial charge in [0.15, 0.2) is 6.61 Å². The van der Waals surface area contributed by atoms with Gasteiger partial charge in [0, 0.05) is 29.4 Å². The second-order valence-electron chi connectivity index (χ2n) is 8.52. The highest BCUT2D eigenvalue weighted by Gasteiger charge is 2.35. The Morgan fingerprint density at radius 1 is 1.08 bits per heavy atom. The minimum absolute atomic E-state index is 0.0171. The molecule has 0 aromatic heterocycles. The molecule has 1 aliphatic heterocycles. The summed E-state index contributed by atoms with van der Waals surface area (Å²) >= 11 is 6.11. The van der Waals surface area contributed by atoms with Gasteiger partial charge in [-0.1, -0.05) is 30.7 Å². The van der Waals surface area contributed by atoms with Gasteiger partial charge in [-0.3, -0.25) is 25.2 Å². The number of aryl methyl sites for hydroxylation is 1. The Hall–Kier alpha value is -4.11. The summed E-state index contributed by atoms with van der Waals surface area (Å²) in [7, 11) is 0. The average molecular weight is 525 g/mol. The molecule has 192 valence electrons. The van der Waals surface area contributed by atoms with Crippen LogP contribution in [0.1, 0.15) is 18.9 Å².